The molecule has 0 spiro atoms. The summed E-state index contributed by atoms with van der Waals surface area (Å²) < 4.78 is 6.80. The highest BCUT2D eigenvalue weighted by atomic mass is 16.5. The molecule has 1 aliphatic rings. The van der Waals surface area contributed by atoms with Crippen LogP contribution in [0, 0.1) is 0 Å². The first kappa shape index (κ1) is 11.0. The van der Waals surface area contributed by atoms with Crippen molar-refractivity contribution in [3.8, 4) is 0 Å². The average molecular weight is 226 g/mol. The Hall–Kier alpha value is -1.47. The molecule has 1 aliphatic heterocycles. The van der Waals surface area contributed by atoms with Gasteiger partial charge in [-0.2, -0.15) is 5.10 Å². The van der Waals surface area contributed by atoms with Crippen LogP contribution in [0.2, 0.25) is 0 Å². The van der Waals surface area contributed by atoms with Crippen LogP contribution in [0.4, 0.5) is 0 Å². The van der Waals surface area contributed by atoms with E-state index in [1.54, 1.807) is 11.7 Å². The summed E-state index contributed by atoms with van der Waals surface area (Å²) in [4.78, 5) is 16.9. The number of nitrogens with zero attached hydrogens (tertiary/aromatic N) is 4. The Morgan fingerprint density at radius 3 is 3.19 bits per heavy atom. The summed E-state index contributed by atoms with van der Waals surface area (Å²) in [5, 5.41) is 13.0. The van der Waals surface area contributed by atoms with Gasteiger partial charge < -0.3 is 9.84 Å². The van der Waals surface area contributed by atoms with Crippen LogP contribution < -0.4 is 0 Å². The Balaban J connectivity index is 2.07. The predicted molar refractivity (Wildman–Crippen MR) is 53.7 cm³/mol. The van der Waals surface area contributed by atoms with E-state index >= 15 is 0 Å². The van der Waals surface area contributed by atoms with E-state index in [0.29, 0.717) is 19.7 Å². The van der Waals surface area contributed by atoms with Gasteiger partial charge in [-0.25, -0.2) is 4.98 Å². The van der Waals surface area contributed by atoms with Crippen molar-refractivity contribution in [3.05, 3.63) is 12.2 Å². The van der Waals surface area contributed by atoms with Crippen molar-refractivity contribution in [2.24, 2.45) is 7.05 Å². The van der Waals surface area contributed by atoms with Gasteiger partial charge >= 0.3 is 5.97 Å². The lowest BCUT2D eigenvalue weighted by Gasteiger charge is -2.32. The first-order valence-electron chi connectivity index (χ1n) is 5.06. The molecule has 0 aliphatic carbocycles. The Labute approximate surface area is 92.6 Å². The van der Waals surface area contributed by atoms with Crippen LogP contribution >= 0.6 is 0 Å². The van der Waals surface area contributed by atoms with Crippen LogP contribution in [-0.4, -0.2) is 56.5 Å². The second-order valence-electron chi connectivity index (χ2n) is 3.70. The molecule has 1 atom stereocenters. The number of carboxylic acid groups (broad SMARTS) is 1. The third kappa shape index (κ3) is 2.20. The van der Waals surface area contributed by atoms with E-state index in [2.05, 4.69) is 10.1 Å². The van der Waals surface area contributed by atoms with Crippen molar-refractivity contribution >= 4 is 5.97 Å². The average Bonchev–Trinajstić information content (AvgIpc) is 2.65. The minimum atomic E-state index is -0.859. The number of aryl methyl sites for hydroxylation is 1. The second-order valence-corrected chi connectivity index (χ2v) is 3.70. The molecule has 1 aromatic rings. The maximum absolute atomic E-state index is 11.0. The maximum Gasteiger partial charge on any atom is 0.323 e. The lowest BCUT2D eigenvalue weighted by molar-refractivity contribution is -0.150. The van der Waals surface area contributed by atoms with Crippen molar-refractivity contribution in [2.45, 2.75) is 12.6 Å². The summed E-state index contributed by atoms with van der Waals surface area (Å²) in [5.41, 5.74) is 0. The summed E-state index contributed by atoms with van der Waals surface area (Å²) in [5.74, 6) is -0.102. The van der Waals surface area contributed by atoms with Crippen molar-refractivity contribution in [1.82, 2.24) is 19.7 Å². The number of morpholine rings is 1. The van der Waals surface area contributed by atoms with E-state index in [9.17, 15) is 4.79 Å². The Morgan fingerprint density at radius 2 is 2.56 bits per heavy atom. The molecule has 7 nitrogen and oxygen atoms in total. The molecule has 0 saturated carbocycles. The van der Waals surface area contributed by atoms with Gasteiger partial charge in [-0.05, 0) is 0 Å². The highest BCUT2D eigenvalue weighted by Gasteiger charge is 2.29. The molecule has 0 aromatic carbocycles. The fourth-order valence-electron chi connectivity index (χ4n) is 1.70. The molecule has 1 fully saturated rings. The van der Waals surface area contributed by atoms with E-state index in [1.807, 2.05) is 4.90 Å². The van der Waals surface area contributed by atoms with Gasteiger partial charge in [0.05, 0.1) is 19.8 Å². The molecule has 1 unspecified atom stereocenters. The van der Waals surface area contributed by atoms with Gasteiger partial charge in [-0.3, -0.25) is 14.4 Å². The summed E-state index contributed by atoms with van der Waals surface area (Å²) in [6.45, 7) is 1.87. The molecule has 1 saturated heterocycles. The molecule has 0 bridgehead atoms. The van der Waals surface area contributed by atoms with Gasteiger partial charge in [0.25, 0.3) is 0 Å². The molecule has 1 N–H and O–H groups in total. The van der Waals surface area contributed by atoms with E-state index in [-0.39, 0.29) is 6.61 Å². The molecule has 2 rings (SSSR count). The van der Waals surface area contributed by atoms with Gasteiger partial charge in [0.2, 0.25) is 0 Å². The van der Waals surface area contributed by atoms with Crippen molar-refractivity contribution in [3.63, 3.8) is 0 Å². The van der Waals surface area contributed by atoms with Crippen LogP contribution in [0.3, 0.4) is 0 Å². The van der Waals surface area contributed by atoms with Crippen molar-refractivity contribution in [2.75, 3.05) is 19.8 Å². The molecule has 2 heterocycles. The quantitative estimate of drug-likeness (QED) is 0.719. The number of rotatable bonds is 3. The van der Waals surface area contributed by atoms with E-state index < -0.39 is 12.0 Å². The van der Waals surface area contributed by atoms with Crippen LogP contribution in [0.25, 0.3) is 0 Å². The summed E-state index contributed by atoms with van der Waals surface area (Å²) >= 11 is 0. The zero-order chi connectivity index (χ0) is 11.5. The van der Waals surface area contributed by atoms with Crippen LogP contribution in [-0.2, 0) is 23.1 Å². The summed E-state index contributed by atoms with van der Waals surface area (Å²) in [7, 11) is 1.79. The lowest BCUT2D eigenvalue weighted by atomic mass is 10.2. The summed E-state index contributed by atoms with van der Waals surface area (Å²) in [6, 6.07) is -0.592. The van der Waals surface area contributed by atoms with Crippen molar-refractivity contribution in [1.29, 1.82) is 0 Å². The van der Waals surface area contributed by atoms with Crippen LogP contribution in [0.1, 0.15) is 5.82 Å². The zero-order valence-corrected chi connectivity index (χ0v) is 9.04. The third-order valence-corrected chi connectivity index (χ3v) is 2.67. The number of carboxylic acids is 1. The Kier molecular flexibility index (Phi) is 3.16. The van der Waals surface area contributed by atoms with Gasteiger partial charge in [0.15, 0.2) is 0 Å². The SMILES string of the molecule is Cn1ncnc1CN1CCOCC1C(=O)O. The zero-order valence-electron chi connectivity index (χ0n) is 9.04. The highest BCUT2D eigenvalue weighted by molar-refractivity contribution is 5.73. The van der Waals surface area contributed by atoms with E-state index in [4.69, 9.17) is 9.84 Å². The van der Waals surface area contributed by atoms with Crippen molar-refractivity contribution < 1.29 is 14.6 Å². The molecule has 7 heteroatoms. The number of ether oxygens (including phenoxy) is 1. The molecule has 88 valence electrons. The fraction of sp³-hybridized carbons (Fsp3) is 0.667. The first-order valence-corrected chi connectivity index (χ1v) is 5.06. The smallest absolute Gasteiger partial charge is 0.323 e. The Morgan fingerprint density at radius 1 is 1.75 bits per heavy atom. The van der Waals surface area contributed by atoms with Crippen LogP contribution in [0.5, 0.6) is 0 Å². The molecule has 0 radical (unpaired) electrons. The topological polar surface area (TPSA) is 80.5 Å². The molecular formula is C9H14N4O3. The predicted octanol–water partition coefficient (Wildman–Crippen LogP) is -0.899. The first-order chi connectivity index (χ1) is 7.68. The number of hydrogen-bond acceptors (Lipinski definition) is 5. The summed E-state index contributed by atoms with van der Waals surface area (Å²) in [6.07, 6.45) is 1.46. The van der Waals surface area contributed by atoms with Crippen LogP contribution in [0.15, 0.2) is 6.33 Å². The lowest BCUT2D eigenvalue weighted by Crippen LogP contribution is -2.49. The number of carbonyl (C=O) groups is 1. The number of aliphatic carboxylic acids is 1. The largest absolute Gasteiger partial charge is 0.480 e. The minimum Gasteiger partial charge on any atom is -0.480 e. The monoisotopic (exact) mass is 226 g/mol. The standard InChI is InChI=1S/C9H14N4O3/c1-12-8(10-6-11-12)4-13-2-3-16-5-7(13)9(14)15/h6-7H,2-5H2,1H3,(H,14,15). The minimum absolute atomic E-state index is 0.229. The fourth-order valence-corrected chi connectivity index (χ4v) is 1.70. The Bertz CT molecular complexity index is 379. The van der Waals surface area contributed by atoms with E-state index in [0.717, 1.165) is 5.82 Å². The third-order valence-electron chi connectivity index (χ3n) is 2.67. The number of hydrogen-bond donors (Lipinski definition) is 1. The highest BCUT2D eigenvalue weighted by Crippen LogP contribution is 2.10. The second kappa shape index (κ2) is 4.58. The maximum atomic E-state index is 11.0. The van der Waals surface area contributed by atoms with Gasteiger partial charge in [0, 0.05) is 13.6 Å². The van der Waals surface area contributed by atoms with Gasteiger partial charge in [0.1, 0.15) is 18.2 Å². The number of aromatic nitrogens is 3. The van der Waals surface area contributed by atoms with Gasteiger partial charge in [-0.15, -0.1) is 0 Å². The normalized spacial score (nSPS) is 22.2. The molecular weight excluding hydrogens is 212 g/mol. The molecule has 16 heavy (non-hydrogen) atoms. The molecule has 1 aromatic heterocycles. The molecule has 0 amide bonds. The van der Waals surface area contributed by atoms with Gasteiger partial charge in [-0.1, -0.05) is 0 Å². The van der Waals surface area contributed by atoms with E-state index in [1.165, 1.54) is 6.33 Å².